The quantitative estimate of drug-likeness (QED) is 0.0330. The molecule has 2 fully saturated rings. The molecule has 2 rings (SSSR count). The zero-order chi connectivity index (χ0) is 45.3. The number of quaternary nitrogens is 1. The smallest absolute Gasteiger partial charge is 0.282 e. The van der Waals surface area contributed by atoms with Gasteiger partial charge >= 0.3 is 0 Å². The molecule has 0 bridgehead atoms. The lowest BCUT2D eigenvalue weighted by Crippen LogP contribution is -2.60. The van der Waals surface area contributed by atoms with Crippen LogP contribution in [0.4, 0.5) is 0 Å². The molecule has 12 nitrogen and oxygen atoms in total. The van der Waals surface area contributed by atoms with Crippen molar-refractivity contribution < 1.29 is 56.1 Å². The second kappa shape index (κ2) is 34.1. The van der Waals surface area contributed by atoms with Gasteiger partial charge in [-0.05, 0) is 12.8 Å². The number of ether oxygens (including phenoxy) is 7. The fraction of sp³-hybridized carbons (Fsp3) is 1.00. The van der Waals surface area contributed by atoms with Gasteiger partial charge in [0, 0.05) is 19.4 Å². The molecule has 0 aromatic heterocycles. The minimum Gasteiger partial charge on any atom is -0.756 e. The van der Waals surface area contributed by atoms with Crippen LogP contribution in [0, 0.1) is 5.41 Å². The van der Waals surface area contributed by atoms with Crippen molar-refractivity contribution in [3.8, 4) is 0 Å². The maximum atomic E-state index is 12.7. The number of nitrogens with zero attached hydrogens (tertiary/aromatic N) is 1. The third-order valence-electron chi connectivity index (χ3n) is 12.3. The lowest BCUT2D eigenvalue weighted by atomic mass is 9.90. The fourth-order valence-electron chi connectivity index (χ4n) is 7.88. The van der Waals surface area contributed by atoms with Crippen LogP contribution in [0.5, 0.6) is 0 Å². The van der Waals surface area contributed by atoms with E-state index in [0.29, 0.717) is 63.5 Å². The summed E-state index contributed by atoms with van der Waals surface area (Å²) in [6.07, 6.45) is 33.8. The topological polar surface area (TPSA) is 123 Å². The Kier molecular flexibility index (Phi) is 31.9. The van der Waals surface area contributed by atoms with Crippen molar-refractivity contribution in [2.45, 2.75) is 226 Å². The molecule has 1 unspecified atom stereocenters. The van der Waals surface area contributed by atoms with Crippen molar-refractivity contribution in [1.29, 1.82) is 0 Å². The molecule has 62 heavy (non-hydrogen) atoms. The van der Waals surface area contributed by atoms with Crippen molar-refractivity contribution in [2.75, 3.05) is 87.1 Å². The van der Waals surface area contributed by atoms with Crippen molar-refractivity contribution in [2.24, 2.45) is 5.41 Å². The molecule has 2 aliphatic heterocycles. The second-order valence-electron chi connectivity index (χ2n) is 19.5. The summed E-state index contributed by atoms with van der Waals surface area (Å²) in [6.45, 7) is 11.3. The number of hydrogen-bond donors (Lipinski definition) is 0. The first kappa shape index (κ1) is 57.9. The van der Waals surface area contributed by atoms with Crippen molar-refractivity contribution in [3.05, 3.63) is 0 Å². The van der Waals surface area contributed by atoms with Crippen LogP contribution in [0.1, 0.15) is 207 Å². The Bertz CT molecular complexity index is 1090. The highest BCUT2D eigenvalue weighted by molar-refractivity contribution is 7.45. The van der Waals surface area contributed by atoms with Gasteiger partial charge in [-0.15, -0.1) is 0 Å². The summed E-state index contributed by atoms with van der Waals surface area (Å²) in [5, 5.41) is 0. The Morgan fingerprint density at radius 1 is 0.500 bits per heavy atom. The van der Waals surface area contributed by atoms with Gasteiger partial charge in [0.2, 0.25) is 0 Å². The van der Waals surface area contributed by atoms with Crippen molar-refractivity contribution in [3.63, 3.8) is 0 Å². The molecule has 0 aromatic carbocycles. The van der Waals surface area contributed by atoms with Crippen LogP contribution in [0.25, 0.3) is 0 Å². The van der Waals surface area contributed by atoms with Crippen LogP contribution in [0.3, 0.4) is 0 Å². The van der Waals surface area contributed by atoms with Gasteiger partial charge in [-0.3, -0.25) is 4.57 Å². The molecule has 2 atom stereocenters. The Morgan fingerprint density at radius 2 is 0.871 bits per heavy atom. The molecule has 0 radical (unpaired) electrons. The van der Waals surface area contributed by atoms with Crippen molar-refractivity contribution in [1.82, 2.24) is 0 Å². The summed E-state index contributed by atoms with van der Waals surface area (Å²) in [6, 6.07) is 0. The minimum absolute atomic E-state index is 0.0251. The molecule has 0 aliphatic carbocycles. The Morgan fingerprint density at radius 3 is 1.26 bits per heavy atom. The van der Waals surface area contributed by atoms with E-state index in [4.69, 9.17) is 42.2 Å². The van der Waals surface area contributed by atoms with E-state index in [1.54, 1.807) is 0 Å². The molecular weight excluding hydrogens is 810 g/mol. The SMILES string of the molecule is CCCCCCCCCCCCCCCCCCO[C@H](COC1(CC)OCC2(COC(CC)(OCCCCCCCCCCCC)OC2)CO1)COP(=O)([O-])OCC[N+](C)(C)C. The Labute approximate surface area is 381 Å². The predicted octanol–water partition coefficient (Wildman–Crippen LogP) is 12.0. The fourth-order valence-corrected chi connectivity index (χ4v) is 8.61. The summed E-state index contributed by atoms with van der Waals surface area (Å²) < 4.78 is 67.6. The first-order chi connectivity index (χ1) is 29.9. The van der Waals surface area contributed by atoms with Gasteiger partial charge in [0.05, 0.1) is 72.8 Å². The number of likely N-dealkylation sites (N-methyl/N-ethyl adjacent to an activating group) is 1. The maximum absolute atomic E-state index is 12.7. The molecule has 13 heteroatoms. The van der Waals surface area contributed by atoms with E-state index in [1.807, 2.05) is 35.0 Å². The average molecular weight is 908 g/mol. The molecule has 0 aromatic rings. The normalized spacial score (nSPS) is 23.5. The zero-order valence-electron chi connectivity index (χ0n) is 41.3. The van der Waals surface area contributed by atoms with Crippen LogP contribution in [-0.2, 0) is 46.8 Å². The van der Waals surface area contributed by atoms with E-state index in [-0.39, 0.29) is 19.8 Å². The highest BCUT2D eigenvalue weighted by Crippen LogP contribution is 2.41. The number of unbranched alkanes of at least 4 members (excludes halogenated alkanes) is 24. The van der Waals surface area contributed by atoms with Gasteiger partial charge in [-0.2, -0.15) is 0 Å². The van der Waals surface area contributed by atoms with Gasteiger partial charge in [0.25, 0.3) is 19.8 Å². The van der Waals surface area contributed by atoms with Crippen LogP contribution < -0.4 is 4.89 Å². The van der Waals surface area contributed by atoms with Crippen LogP contribution in [0.15, 0.2) is 0 Å². The van der Waals surface area contributed by atoms with Gasteiger partial charge < -0.3 is 51.6 Å². The molecule has 2 saturated heterocycles. The monoisotopic (exact) mass is 908 g/mol. The molecule has 0 saturated carbocycles. The average Bonchev–Trinajstić information content (AvgIpc) is 3.25. The molecule has 0 N–H and O–H groups in total. The molecule has 0 amide bonds. The number of phosphoric ester groups is 1. The van der Waals surface area contributed by atoms with Crippen molar-refractivity contribution >= 4 is 7.82 Å². The molecule has 370 valence electrons. The molecular formula is C49H98NO11P. The summed E-state index contributed by atoms with van der Waals surface area (Å²) in [7, 11) is 1.38. The van der Waals surface area contributed by atoms with E-state index in [2.05, 4.69) is 13.8 Å². The first-order valence-corrected chi connectivity index (χ1v) is 27.2. The first-order valence-electron chi connectivity index (χ1n) is 25.7. The zero-order valence-corrected chi connectivity index (χ0v) is 42.2. The molecule has 2 heterocycles. The molecule has 2 aliphatic rings. The van der Waals surface area contributed by atoms with E-state index >= 15 is 0 Å². The minimum atomic E-state index is -4.54. The highest BCUT2D eigenvalue weighted by Gasteiger charge is 2.51. The van der Waals surface area contributed by atoms with E-state index in [1.165, 1.54) is 135 Å². The summed E-state index contributed by atoms with van der Waals surface area (Å²) in [5.41, 5.74) is -0.494. The van der Waals surface area contributed by atoms with Crippen LogP contribution in [-0.4, -0.2) is 110 Å². The predicted molar refractivity (Wildman–Crippen MR) is 248 cm³/mol. The third kappa shape index (κ3) is 27.4. The van der Waals surface area contributed by atoms with Crippen LogP contribution >= 0.6 is 7.82 Å². The largest absolute Gasteiger partial charge is 0.756 e. The Balaban J connectivity index is 1.75. The maximum Gasteiger partial charge on any atom is 0.282 e. The van der Waals surface area contributed by atoms with E-state index in [9.17, 15) is 9.46 Å². The second-order valence-corrected chi connectivity index (χ2v) is 20.9. The Hall–Kier alpha value is -0.210. The summed E-state index contributed by atoms with van der Waals surface area (Å²) in [4.78, 5) is 12.7. The summed E-state index contributed by atoms with van der Waals surface area (Å²) >= 11 is 0. The number of phosphoric acid groups is 1. The molecule has 1 spiro atoms. The van der Waals surface area contributed by atoms with Gasteiger partial charge in [0.1, 0.15) is 19.3 Å². The summed E-state index contributed by atoms with van der Waals surface area (Å²) in [5.74, 6) is -2.36. The van der Waals surface area contributed by atoms with E-state index in [0.717, 1.165) is 32.1 Å². The van der Waals surface area contributed by atoms with Gasteiger partial charge in [-0.25, -0.2) is 0 Å². The van der Waals surface area contributed by atoms with Gasteiger partial charge in [-0.1, -0.05) is 182 Å². The third-order valence-corrected chi connectivity index (χ3v) is 13.3. The lowest BCUT2D eigenvalue weighted by Gasteiger charge is -2.50. The van der Waals surface area contributed by atoms with Gasteiger partial charge in [0.15, 0.2) is 0 Å². The standard InChI is InChI=1S/C49H98NO11P/c1-8-12-14-16-18-20-22-23-24-25-26-27-28-30-32-34-37-53-46(41-61-62(51,52)60-39-36-50(5,6)7)40-55-49(11-4)58-44-47(45-59-49)42-56-48(10-3,57-43-47)54-38-35-33-31-29-21-19-17-15-13-9-2/h46H,8-45H2,1-7H3/t46-,47?,48?,49?/m1/s1. The highest BCUT2D eigenvalue weighted by atomic mass is 31.2. The van der Waals surface area contributed by atoms with Crippen LogP contribution in [0.2, 0.25) is 0 Å². The van der Waals surface area contributed by atoms with E-state index < -0.39 is 31.3 Å². The lowest BCUT2D eigenvalue weighted by molar-refractivity contribution is -0.870. The number of rotatable bonds is 42. The number of hydrogen-bond acceptors (Lipinski definition) is 11.